The summed E-state index contributed by atoms with van der Waals surface area (Å²) in [6.45, 7) is 1.53. The molecule has 0 aliphatic carbocycles. The van der Waals surface area contributed by atoms with Gasteiger partial charge in [0.2, 0.25) is 0 Å². The average molecular weight is 381 g/mol. The maximum Gasteiger partial charge on any atom is 0.0956 e. The van der Waals surface area contributed by atoms with Gasteiger partial charge in [-0.2, -0.15) is 0 Å². The van der Waals surface area contributed by atoms with Crippen molar-refractivity contribution in [3.63, 3.8) is 0 Å². The van der Waals surface area contributed by atoms with Crippen LogP contribution >= 0.6 is 22.6 Å². The summed E-state index contributed by atoms with van der Waals surface area (Å²) in [4.78, 5) is 2.16. The van der Waals surface area contributed by atoms with Gasteiger partial charge in [0, 0.05) is 10.1 Å². The predicted octanol–water partition coefficient (Wildman–Crippen LogP) is 4.11. The molecule has 0 saturated heterocycles. The third-order valence-electron chi connectivity index (χ3n) is 3.07. The first kappa shape index (κ1) is 15.5. The lowest BCUT2D eigenvalue weighted by Gasteiger charge is -2.22. The molecule has 0 aliphatic heterocycles. The summed E-state index contributed by atoms with van der Waals surface area (Å²) in [5.41, 5.74) is 2.44. The van der Waals surface area contributed by atoms with Crippen LogP contribution in [0.5, 0.6) is 0 Å². The molecule has 0 heterocycles. The van der Waals surface area contributed by atoms with Gasteiger partial charge in [0.05, 0.1) is 12.7 Å². The lowest BCUT2D eigenvalue weighted by molar-refractivity contribution is 0.0230. The number of ether oxygens (including phenoxy) is 1. The fraction of sp³-hybridized carbons (Fsp3) is 0.294. The molecule has 2 aromatic carbocycles. The molecular formula is C17H20INO. The smallest absolute Gasteiger partial charge is 0.0956 e. The van der Waals surface area contributed by atoms with Crippen LogP contribution in [0, 0.1) is 3.57 Å². The summed E-state index contributed by atoms with van der Waals surface area (Å²) in [5, 5.41) is 0. The van der Waals surface area contributed by atoms with E-state index in [1.54, 1.807) is 0 Å². The molecule has 1 unspecified atom stereocenters. The summed E-state index contributed by atoms with van der Waals surface area (Å²) in [7, 11) is 4.15. The third-order valence-corrected chi connectivity index (χ3v) is 3.79. The highest BCUT2D eigenvalue weighted by molar-refractivity contribution is 14.1. The van der Waals surface area contributed by atoms with Crippen molar-refractivity contribution in [2.45, 2.75) is 12.7 Å². The van der Waals surface area contributed by atoms with Crippen LogP contribution in [-0.2, 0) is 11.3 Å². The van der Waals surface area contributed by atoms with Crippen molar-refractivity contribution in [2.75, 3.05) is 20.6 Å². The Morgan fingerprint density at radius 3 is 2.25 bits per heavy atom. The zero-order valence-electron chi connectivity index (χ0n) is 11.9. The Labute approximate surface area is 134 Å². The van der Waals surface area contributed by atoms with Gasteiger partial charge < -0.3 is 9.64 Å². The van der Waals surface area contributed by atoms with Crippen LogP contribution in [0.2, 0.25) is 0 Å². The molecule has 0 saturated carbocycles. The number of nitrogens with zero attached hydrogens (tertiary/aromatic N) is 1. The Morgan fingerprint density at radius 2 is 1.65 bits per heavy atom. The summed E-state index contributed by atoms with van der Waals surface area (Å²) < 4.78 is 7.37. The maximum absolute atomic E-state index is 6.12. The standard InChI is InChI=1S/C17H20INO/c1-19(2)12-17(15-6-4-3-5-7-15)20-13-14-8-10-16(18)11-9-14/h3-11,17H,12-13H2,1-2H3. The lowest BCUT2D eigenvalue weighted by Crippen LogP contribution is -2.22. The van der Waals surface area contributed by atoms with E-state index in [0.717, 1.165) is 6.54 Å². The van der Waals surface area contributed by atoms with E-state index < -0.39 is 0 Å². The van der Waals surface area contributed by atoms with Crippen LogP contribution < -0.4 is 0 Å². The SMILES string of the molecule is CN(C)CC(OCc1ccc(I)cc1)c1ccccc1. The van der Waals surface area contributed by atoms with Gasteiger partial charge >= 0.3 is 0 Å². The fourth-order valence-electron chi connectivity index (χ4n) is 2.03. The molecule has 0 spiro atoms. The van der Waals surface area contributed by atoms with Gasteiger partial charge in [0.25, 0.3) is 0 Å². The van der Waals surface area contributed by atoms with Crippen LogP contribution in [-0.4, -0.2) is 25.5 Å². The first-order valence-electron chi connectivity index (χ1n) is 6.71. The molecule has 2 aromatic rings. The van der Waals surface area contributed by atoms with E-state index >= 15 is 0 Å². The zero-order chi connectivity index (χ0) is 14.4. The van der Waals surface area contributed by atoms with Gasteiger partial charge in [-0.15, -0.1) is 0 Å². The van der Waals surface area contributed by atoms with Crippen molar-refractivity contribution in [1.29, 1.82) is 0 Å². The molecule has 0 fully saturated rings. The number of halogens is 1. The second-order valence-corrected chi connectivity index (χ2v) is 6.34. The molecule has 3 heteroatoms. The summed E-state index contributed by atoms with van der Waals surface area (Å²) in [5.74, 6) is 0. The number of hydrogen-bond donors (Lipinski definition) is 0. The topological polar surface area (TPSA) is 12.5 Å². The van der Waals surface area contributed by atoms with Gasteiger partial charge in [0.15, 0.2) is 0 Å². The van der Waals surface area contributed by atoms with Crippen molar-refractivity contribution < 1.29 is 4.74 Å². The molecule has 0 radical (unpaired) electrons. The fourth-order valence-corrected chi connectivity index (χ4v) is 2.39. The minimum atomic E-state index is 0.102. The Balaban J connectivity index is 2.03. The first-order chi connectivity index (χ1) is 9.65. The van der Waals surface area contributed by atoms with Gasteiger partial charge in [-0.1, -0.05) is 42.5 Å². The zero-order valence-corrected chi connectivity index (χ0v) is 14.1. The van der Waals surface area contributed by atoms with E-state index in [1.165, 1.54) is 14.7 Å². The number of hydrogen-bond acceptors (Lipinski definition) is 2. The van der Waals surface area contributed by atoms with Gasteiger partial charge in [0.1, 0.15) is 0 Å². The van der Waals surface area contributed by atoms with Crippen LogP contribution in [0.25, 0.3) is 0 Å². The van der Waals surface area contributed by atoms with Crippen LogP contribution in [0.3, 0.4) is 0 Å². The second kappa shape index (κ2) is 7.76. The molecule has 1 atom stereocenters. The van der Waals surface area contributed by atoms with Crippen molar-refractivity contribution in [3.05, 3.63) is 69.3 Å². The molecule has 0 bridgehead atoms. The molecule has 2 nitrogen and oxygen atoms in total. The predicted molar refractivity (Wildman–Crippen MR) is 91.7 cm³/mol. The molecular weight excluding hydrogens is 361 g/mol. The first-order valence-corrected chi connectivity index (χ1v) is 7.79. The van der Waals surface area contributed by atoms with Crippen LogP contribution in [0.1, 0.15) is 17.2 Å². The van der Waals surface area contributed by atoms with E-state index in [4.69, 9.17) is 4.74 Å². The average Bonchev–Trinajstić information content (AvgIpc) is 2.46. The summed E-state index contributed by atoms with van der Waals surface area (Å²) in [6.07, 6.45) is 0.102. The molecule has 2 rings (SSSR count). The van der Waals surface area contributed by atoms with Crippen molar-refractivity contribution in [3.8, 4) is 0 Å². The third kappa shape index (κ3) is 4.89. The lowest BCUT2D eigenvalue weighted by atomic mass is 10.1. The molecule has 0 amide bonds. The van der Waals surface area contributed by atoms with Crippen molar-refractivity contribution in [2.24, 2.45) is 0 Å². The van der Waals surface area contributed by atoms with Gasteiger partial charge in [-0.3, -0.25) is 0 Å². The summed E-state index contributed by atoms with van der Waals surface area (Å²) in [6, 6.07) is 18.9. The highest BCUT2D eigenvalue weighted by atomic mass is 127. The van der Waals surface area contributed by atoms with E-state index in [0.29, 0.717) is 6.61 Å². The van der Waals surface area contributed by atoms with Crippen LogP contribution in [0.4, 0.5) is 0 Å². The van der Waals surface area contributed by atoms with Crippen molar-refractivity contribution in [1.82, 2.24) is 4.90 Å². The second-order valence-electron chi connectivity index (χ2n) is 5.10. The van der Waals surface area contributed by atoms with E-state index in [2.05, 4.69) is 90.1 Å². The largest absolute Gasteiger partial charge is 0.368 e. The molecule has 0 aromatic heterocycles. The molecule has 20 heavy (non-hydrogen) atoms. The van der Waals surface area contributed by atoms with Gasteiger partial charge in [-0.05, 0) is 59.9 Å². The minimum Gasteiger partial charge on any atom is -0.368 e. The van der Waals surface area contributed by atoms with Crippen LogP contribution in [0.15, 0.2) is 54.6 Å². The van der Waals surface area contributed by atoms with E-state index in [1.807, 2.05) is 6.07 Å². The van der Waals surface area contributed by atoms with E-state index in [-0.39, 0.29) is 6.10 Å². The quantitative estimate of drug-likeness (QED) is 0.699. The monoisotopic (exact) mass is 381 g/mol. The maximum atomic E-state index is 6.12. The highest BCUT2D eigenvalue weighted by Gasteiger charge is 2.13. The summed E-state index contributed by atoms with van der Waals surface area (Å²) >= 11 is 2.32. The van der Waals surface area contributed by atoms with Crippen molar-refractivity contribution >= 4 is 22.6 Å². The van der Waals surface area contributed by atoms with Gasteiger partial charge in [-0.25, -0.2) is 0 Å². The molecule has 0 N–H and O–H groups in total. The number of likely N-dealkylation sites (N-methyl/N-ethyl adjacent to an activating group) is 1. The Kier molecular flexibility index (Phi) is 6.01. The van der Waals surface area contributed by atoms with E-state index in [9.17, 15) is 0 Å². The Morgan fingerprint density at radius 1 is 1.00 bits per heavy atom. The number of benzene rings is 2. The normalized spacial score (nSPS) is 12.6. The minimum absolute atomic E-state index is 0.102. The number of rotatable bonds is 6. The molecule has 0 aliphatic rings. The molecule has 106 valence electrons. The Hall–Kier alpha value is -0.910. The highest BCUT2D eigenvalue weighted by Crippen LogP contribution is 2.20. The Bertz CT molecular complexity index is 510.